The molecule has 0 aliphatic carbocycles. The van der Waals surface area contributed by atoms with Crippen molar-refractivity contribution in [2.75, 3.05) is 0 Å². The maximum absolute atomic E-state index is 4.15. The zero-order valence-electron chi connectivity index (χ0n) is 14.2. The number of nitrogens with zero attached hydrogens (tertiary/aromatic N) is 2. The first-order valence-electron chi connectivity index (χ1n) is 8.94. The summed E-state index contributed by atoms with van der Waals surface area (Å²) in [6.45, 7) is 1.06. The van der Waals surface area contributed by atoms with Crippen LogP contribution in [0.25, 0.3) is 0 Å². The van der Waals surface area contributed by atoms with Gasteiger partial charge in [0.1, 0.15) is 0 Å². The molecule has 2 aromatic carbocycles. The normalized spacial score (nSPS) is 12.2. The van der Waals surface area contributed by atoms with Crippen molar-refractivity contribution in [2.24, 2.45) is 5.92 Å². The van der Waals surface area contributed by atoms with Crippen molar-refractivity contribution >= 4 is 0 Å². The van der Waals surface area contributed by atoms with Crippen LogP contribution >= 0.6 is 0 Å². The van der Waals surface area contributed by atoms with Gasteiger partial charge in [-0.05, 0) is 49.1 Å². The third-order valence-corrected chi connectivity index (χ3v) is 4.64. The van der Waals surface area contributed by atoms with Crippen molar-refractivity contribution < 1.29 is 0 Å². The molecule has 1 aromatic heterocycles. The fourth-order valence-corrected chi connectivity index (χ4v) is 3.29. The maximum atomic E-state index is 4.15. The molecule has 2 heteroatoms. The molecule has 0 aliphatic rings. The highest BCUT2D eigenvalue weighted by Gasteiger charge is 2.10. The van der Waals surface area contributed by atoms with Crippen molar-refractivity contribution in [1.82, 2.24) is 9.55 Å². The van der Waals surface area contributed by atoms with Crippen LogP contribution in [0.3, 0.4) is 0 Å². The number of aromatic nitrogens is 2. The van der Waals surface area contributed by atoms with E-state index in [9.17, 15) is 0 Å². The third kappa shape index (κ3) is 5.38. The standard InChI is InChI=1S/C22H26N2/c1-3-8-20(9-4-1)12-7-13-22(14-16-24-17-15-23-19-24)18-21-10-5-2-6-11-21/h1-6,8-11,15,17,19,22H,7,12-14,16,18H2. The zero-order valence-corrected chi connectivity index (χ0v) is 14.2. The molecule has 24 heavy (non-hydrogen) atoms. The molecule has 0 bridgehead atoms. The van der Waals surface area contributed by atoms with Crippen LogP contribution in [0.5, 0.6) is 0 Å². The molecular formula is C22H26N2. The lowest BCUT2D eigenvalue weighted by Gasteiger charge is -2.17. The molecule has 1 atom stereocenters. The van der Waals surface area contributed by atoms with E-state index in [0.717, 1.165) is 12.5 Å². The summed E-state index contributed by atoms with van der Waals surface area (Å²) in [6.07, 6.45) is 11.9. The second kappa shape index (κ2) is 9.07. The maximum Gasteiger partial charge on any atom is 0.0945 e. The van der Waals surface area contributed by atoms with E-state index in [0.29, 0.717) is 0 Å². The molecule has 0 spiro atoms. The molecule has 2 nitrogen and oxygen atoms in total. The second-order valence-corrected chi connectivity index (χ2v) is 6.52. The van der Waals surface area contributed by atoms with Crippen LogP contribution in [0.15, 0.2) is 79.4 Å². The number of imidazole rings is 1. The van der Waals surface area contributed by atoms with Gasteiger partial charge in [-0.2, -0.15) is 0 Å². The second-order valence-electron chi connectivity index (χ2n) is 6.52. The van der Waals surface area contributed by atoms with Crippen LogP contribution < -0.4 is 0 Å². The Bertz CT molecular complexity index is 675. The van der Waals surface area contributed by atoms with Crippen LogP contribution in [0, 0.1) is 5.92 Å². The Morgan fingerprint density at radius 3 is 2.21 bits per heavy atom. The molecule has 1 heterocycles. The van der Waals surface area contributed by atoms with Gasteiger partial charge in [0, 0.05) is 18.9 Å². The van der Waals surface area contributed by atoms with Gasteiger partial charge < -0.3 is 4.57 Å². The molecule has 0 radical (unpaired) electrons. The zero-order chi connectivity index (χ0) is 16.5. The van der Waals surface area contributed by atoms with Crippen molar-refractivity contribution in [3.8, 4) is 0 Å². The summed E-state index contributed by atoms with van der Waals surface area (Å²) in [7, 11) is 0. The van der Waals surface area contributed by atoms with E-state index < -0.39 is 0 Å². The summed E-state index contributed by atoms with van der Waals surface area (Å²) in [5, 5.41) is 0. The highest BCUT2D eigenvalue weighted by molar-refractivity contribution is 5.16. The predicted octanol–water partition coefficient (Wildman–Crippen LogP) is 5.16. The molecule has 0 saturated heterocycles. The highest BCUT2D eigenvalue weighted by atomic mass is 15.0. The lowest BCUT2D eigenvalue weighted by molar-refractivity contribution is 0.405. The van der Waals surface area contributed by atoms with Gasteiger partial charge in [-0.1, -0.05) is 60.7 Å². The SMILES string of the molecule is c1ccc(CCCC(CCn2ccnc2)Cc2ccccc2)cc1. The Hall–Kier alpha value is -2.35. The molecule has 0 N–H and O–H groups in total. The van der Waals surface area contributed by atoms with Gasteiger partial charge in [-0.3, -0.25) is 0 Å². The van der Waals surface area contributed by atoms with Gasteiger partial charge in [0.2, 0.25) is 0 Å². The number of aryl methyl sites for hydroxylation is 2. The number of benzene rings is 2. The van der Waals surface area contributed by atoms with Gasteiger partial charge >= 0.3 is 0 Å². The Morgan fingerprint density at radius 1 is 0.833 bits per heavy atom. The lowest BCUT2D eigenvalue weighted by atomic mass is 9.90. The van der Waals surface area contributed by atoms with Crippen LogP contribution in [-0.4, -0.2) is 9.55 Å². The quantitative estimate of drug-likeness (QED) is 0.533. The minimum absolute atomic E-state index is 0.721. The molecule has 124 valence electrons. The van der Waals surface area contributed by atoms with Crippen LogP contribution in [0.2, 0.25) is 0 Å². The van der Waals surface area contributed by atoms with Crippen molar-refractivity contribution in [3.05, 3.63) is 90.5 Å². The Balaban J connectivity index is 1.54. The Labute approximate surface area is 145 Å². The molecular weight excluding hydrogens is 292 g/mol. The average molecular weight is 318 g/mol. The average Bonchev–Trinajstić information content (AvgIpc) is 3.15. The predicted molar refractivity (Wildman–Crippen MR) is 99.9 cm³/mol. The molecule has 3 rings (SSSR count). The molecule has 0 saturated carbocycles. The van der Waals surface area contributed by atoms with E-state index in [2.05, 4.69) is 76.4 Å². The minimum Gasteiger partial charge on any atom is -0.337 e. The van der Waals surface area contributed by atoms with Crippen molar-refractivity contribution in [1.29, 1.82) is 0 Å². The van der Waals surface area contributed by atoms with Crippen LogP contribution in [0.4, 0.5) is 0 Å². The topological polar surface area (TPSA) is 17.8 Å². The van der Waals surface area contributed by atoms with E-state index >= 15 is 0 Å². The number of rotatable bonds is 9. The van der Waals surface area contributed by atoms with Crippen LogP contribution in [0.1, 0.15) is 30.4 Å². The molecule has 0 aliphatic heterocycles. The third-order valence-electron chi connectivity index (χ3n) is 4.64. The summed E-state index contributed by atoms with van der Waals surface area (Å²) in [4.78, 5) is 4.15. The number of hydrogen-bond donors (Lipinski definition) is 0. The van der Waals surface area contributed by atoms with Crippen LogP contribution in [-0.2, 0) is 19.4 Å². The smallest absolute Gasteiger partial charge is 0.0945 e. The molecule has 3 aromatic rings. The Morgan fingerprint density at radius 2 is 1.54 bits per heavy atom. The molecule has 0 fully saturated rings. The first kappa shape index (κ1) is 16.5. The van der Waals surface area contributed by atoms with Gasteiger partial charge in [-0.25, -0.2) is 4.98 Å². The molecule has 0 amide bonds. The van der Waals surface area contributed by atoms with E-state index in [-0.39, 0.29) is 0 Å². The van der Waals surface area contributed by atoms with Gasteiger partial charge in [0.15, 0.2) is 0 Å². The summed E-state index contributed by atoms with van der Waals surface area (Å²) in [6, 6.07) is 21.7. The summed E-state index contributed by atoms with van der Waals surface area (Å²) in [5.41, 5.74) is 2.90. The minimum atomic E-state index is 0.721. The first-order chi connectivity index (χ1) is 11.9. The van der Waals surface area contributed by atoms with E-state index in [4.69, 9.17) is 0 Å². The van der Waals surface area contributed by atoms with E-state index in [1.165, 1.54) is 43.2 Å². The van der Waals surface area contributed by atoms with Gasteiger partial charge in [0.05, 0.1) is 6.33 Å². The van der Waals surface area contributed by atoms with Gasteiger partial charge in [-0.15, -0.1) is 0 Å². The summed E-state index contributed by atoms with van der Waals surface area (Å²) < 4.78 is 2.19. The van der Waals surface area contributed by atoms with E-state index in [1.807, 2.05) is 12.5 Å². The van der Waals surface area contributed by atoms with Gasteiger partial charge in [0.25, 0.3) is 0 Å². The first-order valence-corrected chi connectivity index (χ1v) is 8.94. The van der Waals surface area contributed by atoms with Crippen molar-refractivity contribution in [3.63, 3.8) is 0 Å². The highest BCUT2D eigenvalue weighted by Crippen LogP contribution is 2.20. The largest absolute Gasteiger partial charge is 0.337 e. The fourth-order valence-electron chi connectivity index (χ4n) is 3.29. The summed E-state index contributed by atoms with van der Waals surface area (Å²) in [5.74, 6) is 0.721. The lowest BCUT2D eigenvalue weighted by Crippen LogP contribution is -2.09. The molecule has 1 unspecified atom stereocenters. The monoisotopic (exact) mass is 318 g/mol. The van der Waals surface area contributed by atoms with E-state index in [1.54, 1.807) is 0 Å². The summed E-state index contributed by atoms with van der Waals surface area (Å²) >= 11 is 0. The Kier molecular flexibility index (Phi) is 6.24. The number of hydrogen-bond acceptors (Lipinski definition) is 1. The van der Waals surface area contributed by atoms with Crippen molar-refractivity contribution in [2.45, 2.75) is 38.6 Å². The fraction of sp³-hybridized carbons (Fsp3) is 0.318.